The van der Waals surface area contributed by atoms with Crippen LogP contribution in [0.4, 0.5) is 0 Å². The van der Waals surface area contributed by atoms with Gasteiger partial charge in [-0.1, -0.05) is 55.5 Å². The minimum Gasteiger partial charge on any atom is -0.310 e. The predicted molar refractivity (Wildman–Crippen MR) is 84.0 cm³/mol. The Morgan fingerprint density at radius 2 is 2.00 bits per heavy atom. The van der Waals surface area contributed by atoms with E-state index in [-0.39, 0.29) is 6.04 Å². The number of hydrogen-bond donors (Lipinski definition) is 1. The molecule has 3 atom stereocenters. The first-order chi connectivity index (χ1) is 9.08. The normalized spacial score (nSPS) is 25.3. The molecule has 0 saturated heterocycles. The Balaban J connectivity index is 1.91. The molecule has 0 aromatic heterocycles. The molecule has 0 spiro atoms. The SMILES string of the molecule is CC(NCC1CCCCC1C)c1ccc(Cl)cc1Cl. The molecule has 0 heterocycles. The lowest BCUT2D eigenvalue weighted by Gasteiger charge is -2.30. The molecule has 1 nitrogen and oxygen atoms in total. The van der Waals surface area contributed by atoms with E-state index >= 15 is 0 Å². The summed E-state index contributed by atoms with van der Waals surface area (Å²) in [7, 11) is 0. The second-order valence-electron chi connectivity index (χ2n) is 5.82. The van der Waals surface area contributed by atoms with Crippen molar-refractivity contribution in [1.29, 1.82) is 0 Å². The summed E-state index contributed by atoms with van der Waals surface area (Å²) in [6.45, 7) is 5.63. The maximum atomic E-state index is 6.25. The van der Waals surface area contributed by atoms with Gasteiger partial charge in [0.2, 0.25) is 0 Å². The lowest BCUT2D eigenvalue weighted by Crippen LogP contribution is -2.31. The third-order valence-electron chi connectivity index (χ3n) is 4.40. The fourth-order valence-electron chi connectivity index (χ4n) is 2.99. The molecule has 1 aromatic rings. The quantitative estimate of drug-likeness (QED) is 0.777. The zero-order valence-electron chi connectivity index (χ0n) is 11.8. The van der Waals surface area contributed by atoms with Gasteiger partial charge in [0.25, 0.3) is 0 Å². The van der Waals surface area contributed by atoms with Crippen LogP contribution in [0.1, 0.15) is 51.1 Å². The van der Waals surface area contributed by atoms with Crippen molar-refractivity contribution in [3.8, 4) is 0 Å². The molecule has 3 heteroatoms. The van der Waals surface area contributed by atoms with Gasteiger partial charge in [0.1, 0.15) is 0 Å². The first kappa shape index (κ1) is 15.2. The van der Waals surface area contributed by atoms with Crippen molar-refractivity contribution in [3.63, 3.8) is 0 Å². The molecular formula is C16H23Cl2N. The molecule has 1 N–H and O–H groups in total. The molecule has 3 unspecified atom stereocenters. The van der Waals surface area contributed by atoms with Crippen molar-refractivity contribution >= 4 is 23.2 Å². The second-order valence-corrected chi connectivity index (χ2v) is 6.66. The van der Waals surface area contributed by atoms with Gasteiger partial charge in [-0.05, 0) is 49.4 Å². The van der Waals surface area contributed by atoms with Crippen LogP contribution in [0.15, 0.2) is 18.2 Å². The summed E-state index contributed by atoms with van der Waals surface area (Å²) >= 11 is 12.2. The third kappa shape index (κ3) is 4.11. The lowest BCUT2D eigenvalue weighted by molar-refractivity contribution is 0.242. The largest absolute Gasteiger partial charge is 0.310 e. The van der Waals surface area contributed by atoms with Crippen LogP contribution in [0, 0.1) is 11.8 Å². The van der Waals surface area contributed by atoms with Gasteiger partial charge in [0.15, 0.2) is 0 Å². The van der Waals surface area contributed by atoms with Crippen LogP contribution in [-0.2, 0) is 0 Å². The van der Waals surface area contributed by atoms with Gasteiger partial charge in [-0.3, -0.25) is 0 Å². The van der Waals surface area contributed by atoms with E-state index in [2.05, 4.69) is 19.2 Å². The molecule has 0 amide bonds. The van der Waals surface area contributed by atoms with Crippen molar-refractivity contribution in [1.82, 2.24) is 5.32 Å². The number of nitrogens with one attached hydrogen (secondary N) is 1. The van der Waals surface area contributed by atoms with Crippen LogP contribution < -0.4 is 5.32 Å². The van der Waals surface area contributed by atoms with E-state index in [4.69, 9.17) is 23.2 Å². The Hall–Kier alpha value is -0.240. The van der Waals surface area contributed by atoms with Crippen LogP contribution in [0.25, 0.3) is 0 Å². The summed E-state index contributed by atoms with van der Waals surface area (Å²) in [5, 5.41) is 5.08. The van der Waals surface area contributed by atoms with Crippen molar-refractivity contribution in [2.45, 2.75) is 45.6 Å². The fraction of sp³-hybridized carbons (Fsp3) is 0.625. The van der Waals surface area contributed by atoms with Crippen LogP contribution >= 0.6 is 23.2 Å². The van der Waals surface area contributed by atoms with Crippen LogP contribution in [0.3, 0.4) is 0 Å². The monoisotopic (exact) mass is 299 g/mol. The van der Waals surface area contributed by atoms with Crippen LogP contribution in [0.5, 0.6) is 0 Å². The smallest absolute Gasteiger partial charge is 0.0468 e. The lowest BCUT2D eigenvalue weighted by atomic mass is 9.80. The van der Waals surface area contributed by atoms with E-state index < -0.39 is 0 Å². The summed E-state index contributed by atoms with van der Waals surface area (Å²) in [4.78, 5) is 0. The molecule has 19 heavy (non-hydrogen) atoms. The Labute approximate surface area is 126 Å². The highest BCUT2D eigenvalue weighted by Gasteiger charge is 2.21. The predicted octanol–water partition coefficient (Wildman–Crippen LogP) is 5.47. The summed E-state index contributed by atoms with van der Waals surface area (Å²) in [5.41, 5.74) is 1.13. The molecule has 106 valence electrons. The first-order valence-corrected chi connectivity index (χ1v) is 8.02. The number of rotatable bonds is 4. The van der Waals surface area contributed by atoms with Crippen molar-refractivity contribution in [2.75, 3.05) is 6.54 Å². The Morgan fingerprint density at radius 1 is 1.26 bits per heavy atom. The zero-order chi connectivity index (χ0) is 13.8. The van der Waals surface area contributed by atoms with Gasteiger partial charge in [-0.15, -0.1) is 0 Å². The van der Waals surface area contributed by atoms with Gasteiger partial charge < -0.3 is 5.32 Å². The number of benzene rings is 1. The van der Waals surface area contributed by atoms with Gasteiger partial charge in [0.05, 0.1) is 0 Å². The highest BCUT2D eigenvalue weighted by Crippen LogP contribution is 2.30. The van der Waals surface area contributed by atoms with Crippen molar-refractivity contribution < 1.29 is 0 Å². The average molecular weight is 300 g/mol. The summed E-state index contributed by atoms with van der Waals surface area (Å²) in [6.07, 6.45) is 5.51. The molecule has 1 fully saturated rings. The second kappa shape index (κ2) is 6.97. The molecule has 0 aliphatic heterocycles. The molecule has 2 rings (SSSR count). The van der Waals surface area contributed by atoms with Gasteiger partial charge >= 0.3 is 0 Å². The van der Waals surface area contributed by atoms with Crippen molar-refractivity contribution in [2.24, 2.45) is 11.8 Å². The minimum absolute atomic E-state index is 0.277. The Morgan fingerprint density at radius 3 is 2.68 bits per heavy atom. The van der Waals surface area contributed by atoms with Gasteiger partial charge in [0, 0.05) is 16.1 Å². The highest BCUT2D eigenvalue weighted by molar-refractivity contribution is 6.35. The molecule has 1 aliphatic carbocycles. The molecule has 0 radical (unpaired) electrons. The van der Waals surface area contributed by atoms with Crippen LogP contribution in [-0.4, -0.2) is 6.54 Å². The van der Waals surface area contributed by atoms with Gasteiger partial charge in [-0.25, -0.2) is 0 Å². The summed E-state index contributed by atoms with van der Waals surface area (Å²) in [5.74, 6) is 1.65. The Bertz CT molecular complexity index is 419. The molecule has 0 bridgehead atoms. The average Bonchev–Trinajstić information content (AvgIpc) is 2.37. The maximum Gasteiger partial charge on any atom is 0.0468 e. The summed E-state index contributed by atoms with van der Waals surface area (Å²) in [6, 6.07) is 6.02. The van der Waals surface area contributed by atoms with E-state index in [1.165, 1.54) is 25.7 Å². The Kier molecular flexibility index (Phi) is 5.56. The number of halogens is 2. The standard InChI is InChI=1S/C16H23Cl2N/c1-11-5-3-4-6-13(11)10-19-12(2)15-8-7-14(17)9-16(15)18/h7-9,11-13,19H,3-6,10H2,1-2H3. The van der Waals surface area contributed by atoms with E-state index in [1.807, 2.05) is 18.2 Å². The van der Waals surface area contributed by atoms with E-state index in [0.29, 0.717) is 5.02 Å². The van der Waals surface area contributed by atoms with Crippen LogP contribution in [0.2, 0.25) is 10.0 Å². The van der Waals surface area contributed by atoms with Gasteiger partial charge in [-0.2, -0.15) is 0 Å². The maximum absolute atomic E-state index is 6.25. The third-order valence-corrected chi connectivity index (χ3v) is 4.97. The minimum atomic E-state index is 0.277. The fourth-order valence-corrected chi connectivity index (χ4v) is 3.56. The highest BCUT2D eigenvalue weighted by atomic mass is 35.5. The van der Waals surface area contributed by atoms with E-state index in [9.17, 15) is 0 Å². The molecular weight excluding hydrogens is 277 g/mol. The van der Waals surface area contributed by atoms with Crippen molar-refractivity contribution in [3.05, 3.63) is 33.8 Å². The topological polar surface area (TPSA) is 12.0 Å². The first-order valence-electron chi connectivity index (χ1n) is 7.26. The van der Waals surface area contributed by atoms with E-state index in [0.717, 1.165) is 29.0 Å². The number of hydrogen-bond acceptors (Lipinski definition) is 1. The molecule has 1 aliphatic rings. The van der Waals surface area contributed by atoms with E-state index in [1.54, 1.807) is 0 Å². The summed E-state index contributed by atoms with van der Waals surface area (Å²) < 4.78 is 0. The molecule has 1 aromatic carbocycles. The molecule has 1 saturated carbocycles. The zero-order valence-corrected chi connectivity index (χ0v) is 13.3.